The third-order valence-corrected chi connectivity index (χ3v) is 5.51. The van der Waals surface area contributed by atoms with E-state index in [0.29, 0.717) is 8.29 Å². The highest BCUT2D eigenvalue weighted by Gasteiger charge is 2.33. The third-order valence-electron chi connectivity index (χ3n) is 3.16. The zero-order valence-corrected chi connectivity index (χ0v) is 16.6. The van der Waals surface area contributed by atoms with E-state index in [9.17, 15) is 18.0 Å². The second-order valence-corrected chi connectivity index (χ2v) is 8.80. The molecule has 0 aliphatic carbocycles. The molecule has 4 nitrogen and oxygen atoms in total. The second-order valence-electron chi connectivity index (χ2n) is 5.95. The number of rotatable bonds is 7. The maximum atomic E-state index is 12.7. The Hall–Kier alpha value is -1.39. The zero-order chi connectivity index (χ0) is 19.3. The highest BCUT2D eigenvalue weighted by molar-refractivity contribution is 8.01. The molecule has 0 atom stereocenters. The van der Waals surface area contributed by atoms with Crippen molar-refractivity contribution in [3.8, 4) is 5.69 Å². The number of alkyl halides is 3. The van der Waals surface area contributed by atoms with E-state index < -0.39 is 18.6 Å². The molecule has 0 aliphatic rings. The van der Waals surface area contributed by atoms with Crippen LogP contribution in [0.3, 0.4) is 0 Å². The maximum absolute atomic E-state index is 12.7. The fourth-order valence-corrected chi connectivity index (χ4v) is 4.44. The first-order valence-electron chi connectivity index (χ1n) is 7.78. The summed E-state index contributed by atoms with van der Waals surface area (Å²) in [5.74, 6) is -0.723. The number of halogens is 3. The number of benzene rings is 1. The highest BCUT2D eigenvalue weighted by Crippen LogP contribution is 2.25. The predicted octanol–water partition coefficient (Wildman–Crippen LogP) is 4.80. The second kappa shape index (κ2) is 9.01. The molecule has 0 bridgehead atoms. The molecule has 142 valence electrons. The van der Waals surface area contributed by atoms with E-state index in [0.717, 1.165) is 22.3 Å². The molecule has 0 aliphatic heterocycles. The lowest BCUT2D eigenvalue weighted by atomic mass is 10.2. The minimum Gasteiger partial charge on any atom is -0.333 e. The standard InChI is InChI=1S/C16H18F3N3OS3/c1-11(2)8-21(10-16(17,18)19)13(23)9-25-14-20-22(15(24)26-14)12-6-4-3-5-7-12/h3-7,11H,8-10H2,1-2H3. The lowest BCUT2D eigenvalue weighted by molar-refractivity contribution is -0.160. The smallest absolute Gasteiger partial charge is 0.333 e. The lowest BCUT2D eigenvalue weighted by Gasteiger charge is -2.25. The molecule has 0 unspecified atom stereocenters. The Balaban J connectivity index is 2.05. The van der Waals surface area contributed by atoms with Gasteiger partial charge >= 0.3 is 6.18 Å². The topological polar surface area (TPSA) is 38.1 Å². The van der Waals surface area contributed by atoms with Crippen molar-refractivity contribution in [2.45, 2.75) is 24.4 Å². The molecule has 0 radical (unpaired) electrons. The van der Waals surface area contributed by atoms with Crippen LogP contribution in [0.15, 0.2) is 34.7 Å². The van der Waals surface area contributed by atoms with Crippen molar-refractivity contribution < 1.29 is 18.0 Å². The van der Waals surface area contributed by atoms with Gasteiger partial charge < -0.3 is 4.90 Å². The normalized spacial score (nSPS) is 11.8. The Labute approximate surface area is 163 Å². The van der Waals surface area contributed by atoms with Crippen molar-refractivity contribution in [3.63, 3.8) is 0 Å². The zero-order valence-electron chi connectivity index (χ0n) is 14.2. The molecule has 26 heavy (non-hydrogen) atoms. The molecule has 0 fully saturated rings. The van der Waals surface area contributed by atoms with Crippen LogP contribution in [-0.4, -0.2) is 45.6 Å². The van der Waals surface area contributed by atoms with Gasteiger partial charge in [-0.2, -0.15) is 13.2 Å². The highest BCUT2D eigenvalue weighted by atomic mass is 32.2. The van der Waals surface area contributed by atoms with Gasteiger partial charge in [-0.15, -0.1) is 5.10 Å². The average molecular weight is 422 g/mol. The van der Waals surface area contributed by atoms with Crippen LogP contribution in [-0.2, 0) is 4.79 Å². The van der Waals surface area contributed by atoms with Gasteiger partial charge in [-0.1, -0.05) is 55.1 Å². The molecule has 1 aromatic carbocycles. The maximum Gasteiger partial charge on any atom is 0.406 e. The van der Waals surface area contributed by atoms with E-state index in [1.165, 1.54) is 11.3 Å². The van der Waals surface area contributed by atoms with Gasteiger partial charge in [0.05, 0.1) is 11.4 Å². The molecule has 1 aromatic heterocycles. The van der Waals surface area contributed by atoms with Crippen molar-refractivity contribution in [1.29, 1.82) is 0 Å². The van der Waals surface area contributed by atoms with Crippen molar-refractivity contribution in [3.05, 3.63) is 34.3 Å². The first-order chi connectivity index (χ1) is 12.2. The van der Waals surface area contributed by atoms with Crippen molar-refractivity contribution in [2.75, 3.05) is 18.8 Å². The van der Waals surface area contributed by atoms with E-state index in [2.05, 4.69) is 5.10 Å². The number of carbonyl (C=O) groups is 1. The van der Waals surface area contributed by atoms with E-state index in [-0.39, 0.29) is 18.2 Å². The van der Waals surface area contributed by atoms with E-state index >= 15 is 0 Å². The van der Waals surface area contributed by atoms with Gasteiger partial charge in [-0.3, -0.25) is 4.79 Å². The minimum atomic E-state index is -4.42. The predicted molar refractivity (Wildman–Crippen MR) is 100 cm³/mol. The summed E-state index contributed by atoms with van der Waals surface area (Å²) >= 11 is 7.60. The molecule has 1 heterocycles. The number of para-hydroxylation sites is 1. The number of aromatic nitrogens is 2. The van der Waals surface area contributed by atoms with Crippen LogP contribution in [0.1, 0.15) is 13.8 Å². The average Bonchev–Trinajstić information content (AvgIpc) is 2.92. The molecule has 1 amide bonds. The SMILES string of the molecule is CC(C)CN(CC(F)(F)F)C(=O)CSc1nn(-c2ccccc2)c(=S)s1. The third kappa shape index (κ3) is 6.40. The largest absolute Gasteiger partial charge is 0.406 e. The Morgan fingerprint density at radius 2 is 2.00 bits per heavy atom. The number of nitrogens with zero attached hydrogens (tertiary/aromatic N) is 3. The number of hydrogen-bond acceptors (Lipinski definition) is 5. The Kier molecular flexibility index (Phi) is 7.24. The fraction of sp³-hybridized carbons (Fsp3) is 0.438. The van der Waals surface area contributed by atoms with E-state index in [1.807, 2.05) is 30.3 Å². The lowest BCUT2D eigenvalue weighted by Crippen LogP contribution is -2.42. The number of carbonyl (C=O) groups excluding carboxylic acids is 1. The first kappa shape index (κ1) is 20.9. The van der Waals surface area contributed by atoms with Gasteiger partial charge in [-0.05, 0) is 30.3 Å². The summed E-state index contributed by atoms with van der Waals surface area (Å²) in [5, 5.41) is 4.35. The molecule has 0 saturated heterocycles. The molecule has 2 rings (SSSR count). The van der Waals surface area contributed by atoms with Crippen LogP contribution in [0.5, 0.6) is 0 Å². The monoisotopic (exact) mass is 421 g/mol. The van der Waals surface area contributed by atoms with Gasteiger partial charge in [0, 0.05) is 6.54 Å². The molecule has 10 heteroatoms. The number of thioether (sulfide) groups is 1. The van der Waals surface area contributed by atoms with Gasteiger partial charge in [0.2, 0.25) is 5.91 Å². The van der Waals surface area contributed by atoms with Gasteiger partial charge in [-0.25, -0.2) is 4.68 Å². The molecular formula is C16H18F3N3OS3. The Morgan fingerprint density at radius 1 is 1.35 bits per heavy atom. The van der Waals surface area contributed by atoms with Crippen LogP contribution in [0.2, 0.25) is 0 Å². The van der Waals surface area contributed by atoms with Gasteiger partial charge in [0.1, 0.15) is 6.54 Å². The summed E-state index contributed by atoms with van der Waals surface area (Å²) in [7, 11) is 0. The van der Waals surface area contributed by atoms with Crippen LogP contribution >= 0.6 is 35.3 Å². The van der Waals surface area contributed by atoms with Crippen molar-refractivity contribution in [1.82, 2.24) is 14.7 Å². The molecule has 0 spiro atoms. The van der Waals surface area contributed by atoms with E-state index in [4.69, 9.17) is 12.2 Å². The first-order valence-corrected chi connectivity index (χ1v) is 9.99. The summed E-state index contributed by atoms with van der Waals surface area (Å²) < 4.78 is 40.7. The summed E-state index contributed by atoms with van der Waals surface area (Å²) in [4.78, 5) is 13.1. The van der Waals surface area contributed by atoms with Crippen LogP contribution in [0.4, 0.5) is 13.2 Å². The molecule has 0 N–H and O–H groups in total. The number of amides is 1. The van der Waals surface area contributed by atoms with Crippen molar-refractivity contribution in [2.24, 2.45) is 5.92 Å². The summed E-state index contributed by atoms with van der Waals surface area (Å²) in [6.45, 7) is 2.37. The van der Waals surface area contributed by atoms with Crippen LogP contribution in [0, 0.1) is 9.87 Å². The van der Waals surface area contributed by atoms with E-state index in [1.54, 1.807) is 18.5 Å². The quantitative estimate of drug-likeness (QED) is 0.475. The van der Waals surface area contributed by atoms with Crippen molar-refractivity contribution >= 4 is 41.2 Å². The van der Waals surface area contributed by atoms with Gasteiger partial charge in [0.15, 0.2) is 8.29 Å². The molecule has 0 saturated carbocycles. The summed E-state index contributed by atoms with van der Waals surface area (Å²) in [6.07, 6.45) is -4.42. The Bertz CT molecular complexity index is 787. The van der Waals surface area contributed by atoms with Crippen LogP contribution < -0.4 is 0 Å². The fourth-order valence-electron chi connectivity index (χ4n) is 2.18. The molecule has 2 aromatic rings. The Morgan fingerprint density at radius 3 is 2.58 bits per heavy atom. The minimum absolute atomic E-state index is 0.0503. The summed E-state index contributed by atoms with van der Waals surface area (Å²) in [5.41, 5.74) is 0.797. The van der Waals surface area contributed by atoms with Gasteiger partial charge in [0.25, 0.3) is 0 Å². The summed E-state index contributed by atoms with van der Waals surface area (Å²) in [6, 6.07) is 9.28. The van der Waals surface area contributed by atoms with Crippen LogP contribution in [0.25, 0.3) is 5.69 Å². The number of hydrogen-bond donors (Lipinski definition) is 0. The molecular weight excluding hydrogens is 403 g/mol.